The topological polar surface area (TPSA) is 49.8 Å². The van der Waals surface area contributed by atoms with E-state index < -0.39 is 5.60 Å². The average Bonchev–Trinajstić information content (AvgIpc) is 2.39. The first kappa shape index (κ1) is 14.0. The lowest BCUT2D eigenvalue weighted by Gasteiger charge is -2.36. The van der Waals surface area contributed by atoms with E-state index in [0.717, 1.165) is 5.56 Å². The minimum atomic E-state index is -0.636. The number of piperidine rings is 1. The summed E-state index contributed by atoms with van der Waals surface area (Å²) in [5.41, 5.74) is 0.973. The normalized spacial score (nSPS) is 18.4. The van der Waals surface area contributed by atoms with Crippen molar-refractivity contribution in [3.8, 4) is 0 Å². The van der Waals surface area contributed by atoms with Crippen molar-refractivity contribution in [2.45, 2.75) is 32.0 Å². The van der Waals surface area contributed by atoms with Crippen molar-refractivity contribution in [2.75, 3.05) is 20.2 Å². The summed E-state index contributed by atoms with van der Waals surface area (Å²) < 4.78 is 5.13. The van der Waals surface area contributed by atoms with Gasteiger partial charge >= 0.3 is 0 Å². The van der Waals surface area contributed by atoms with Crippen LogP contribution in [0.1, 0.15) is 35.7 Å². The fraction of sp³-hybridized carbons (Fsp3) is 0.533. The first-order chi connectivity index (χ1) is 9.03. The van der Waals surface area contributed by atoms with Crippen LogP contribution in [0.4, 0.5) is 0 Å². The molecule has 1 fully saturated rings. The van der Waals surface area contributed by atoms with E-state index >= 15 is 0 Å². The molecule has 0 saturated carbocycles. The Morgan fingerprint density at radius 2 is 2.00 bits per heavy atom. The standard InChI is InChI=1S/C15H21NO3/c1-15(18)7-9-16(10-8-15)14(17)13-6-4-3-5-12(13)11-19-2/h3-6,18H,7-11H2,1-2H3. The lowest BCUT2D eigenvalue weighted by Crippen LogP contribution is -2.45. The predicted molar refractivity (Wildman–Crippen MR) is 72.9 cm³/mol. The summed E-state index contributed by atoms with van der Waals surface area (Å²) in [6.45, 7) is 3.47. The van der Waals surface area contributed by atoms with Crippen LogP contribution in [-0.2, 0) is 11.3 Å². The van der Waals surface area contributed by atoms with E-state index in [4.69, 9.17) is 4.74 Å². The van der Waals surface area contributed by atoms with E-state index in [0.29, 0.717) is 38.1 Å². The van der Waals surface area contributed by atoms with Gasteiger partial charge in [-0.15, -0.1) is 0 Å². The Morgan fingerprint density at radius 3 is 2.63 bits per heavy atom. The number of nitrogens with zero attached hydrogens (tertiary/aromatic N) is 1. The maximum absolute atomic E-state index is 12.5. The third-order valence-corrected chi connectivity index (χ3v) is 3.68. The number of benzene rings is 1. The number of hydrogen-bond donors (Lipinski definition) is 1. The first-order valence-corrected chi connectivity index (χ1v) is 6.62. The number of aliphatic hydroxyl groups is 1. The molecule has 0 radical (unpaired) electrons. The molecule has 0 bridgehead atoms. The molecule has 0 aliphatic carbocycles. The molecule has 1 saturated heterocycles. The highest BCUT2D eigenvalue weighted by Crippen LogP contribution is 2.23. The number of methoxy groups -OCH3 is 1. The van der Waals surface area contributed by atoms with Crippen molar-refractivity contribution in [1.82, 2.24) is 4.90 Å². The fourth-order valence-corrected chi connectivity index (χ4v) is 2.37. The van der Waals surface area contributed by atoms with Gasteiger partial charge in [-0.25, -0.2) is 0 Å². The highest BCUT2D eigenvalue weighted by Gasteiger charge is 2.30. The minimum absolute atomic E-state index is 0.0307. The van der Waals surface area contributed by atoms with Crippen LogP contribution in [0, 0.1) is 0 Å². The van der Waals surface area contributed by atoms with Crippen LogP contribution in [0.15, 0.2) is 24.3 Å². The molecule has 104 valence electrons. The summed E-state index contributed by atoms with van der Waals surface area (Å²) in [7, 11) is 1.62. The Kier molecular flexibility index (Phi) is 4.22. The van der Waals surface area contributed by atoms with Crippen molar-refractivity contribution < 1.29 is 14.6 Å². The lowest BCUT2D eigenvalue weighted by molar-refractivity contribution is -0.00210. The van der Waals surface area contributed by atoms with Gasteiger partial charge in [0.25, 0.3) is 5.91 Å². The van der Waals surface area contributed by atoms with Gasteiger partial charge in [0, 0.05) is 25.8 Å². The van der Waals surface area contributed by atoms with E-state index in [1.807, 2.05) is 36.1 Å². The number of ether oxygens (including phenoxy) is 1. The maximum Gasteiger partial charge on any atom is 0.254 e. The SMILES string of the molecule is COCc1ccccc1C(=O)N1CCC(C)(O)CC1. The molecule has 19 heavy (non-hydrogen) atoms. The third-order valence-electron chi connectivity index (χ3n) is 3.68. The molecular formula is C15H21NO3. The van der Waals surface area contributed by atoms with Crippen LogP contribution in [-0.4, -0.2) is 41.7 Å². The summed E-state index contributed by atoms with van der Waals surface area (Å²) in [4.78, 5) is 14.3. The fourth-order valence-electron chi connectivity index (χ4n) is 2.37. The van der Waals surface area contributed by atoms with Gasteiger partial charge in [-0.2, -0.15) is 0 Å². The molecule has 4 heteroatoms. The van der Waals surface area contributed by atoms with Gasteiger partial charge in [0.05, 0.1) is 12.2 Å². The average molecular weight is 263 g/mol. The predicted octanol–water partition coefficient (Wildman–Crippen LogP) is 1.82. The second-order valence-corrected chi connectivity index (χ2v) is 5.38. The van der Waals surface area contributed by atoms with Crippen LogP contribution in [0.25, 0.3) is 0 Å². The number of amides is 1. The largest absolute Gasteiger partial charge is 0.390 e. The molecular weight excluding hydrogens is 242 g/mol. The van der Waals surface area contributed by atoms with E-state index in [-0.39, 0.29) is 5.91 Å². The van der Waals surface area contributed by atoms with Crippen LogP contribution in [0.2, 0.25) is 0 Å². The lowest BCUT2D eigenvalue weighted by atomic mass is 9.93. The Morgan fingerprint density at radius 1 is 1.37 bits per heavy atom. The van der Waals surface area contributed by atoms with Gasteiger partial charge in [-0.3, -0.25) is 4.79 Å². The summed E-state index contributed by atoms with van der Waals surface area (Å²) in [5.74, 6) is 0.0307. The number of likely N-dealkylation sites (tertiary alicyclic amines) is 1. The molecule has 0 aromatic heterocycles. The summed E-state index contributed by atoms with van der Waals surface area (Å²) in [6, 6.07) is 7.53. The van der Waals surface area contributed by atoms with Crippen LogP contribution < -0.4 is 0 Å². The second-order valence-electron chi connectivity index (χ2n) is 5.38. The Bertz CT molecular complexity index is 446. The monoisotopic (exact) mass is 263 g/mol. The Balaban J connectivity index is 2.12. The number of carbonyl (C=O) groups excluding carboxylic acids is 1. The molecule has 0 unspecified atom stereocenters. The van der Waals surface area contributed by atoms with Crippen molar-refractivity contribution in [3.05, 3.63) is 35.4 Å². The van der Waals surface area contributed by atoms with Crippen molar-refractivity contribution in [3.63, 3.8) is 0 Å². The van der Waals surface area contributed by atoms with Crippen molar-refractivity contribution in [1.29, 1.82) is 0 Å². The van der Waals surface area contributed by atoms with E-state index in [2.05, 4.69) is 0 Å². The molecule has 1 aromatic carbocycles. The molecule has 1 heterocycles. The minimum Gasteiger partial charge on any atom is -0.390 e. The van der Waals surface area contributed by atoms with Gasteiger partial charge in [0.1, 0.15) is 0 Å². The van der Waals surface area contributed by atoms with Gasteiger partial charge in [-0.05, 0) is 31.4 Å². The molecule has 0 spiro atoms. The molecule has 2 rings (SSSR count). The molecule has 1 amide bonds. The van der Waals surface area contributed by atoms with Crippen molar-refractivity contribution in [2.24, 2.45) is 0 Å². The zero-order valence-electron chi connectivity index (χ0n) is 11.6. The smallest absolute Gasteiger partial charge is 0.254 e. The molecule has 4 nitrogen and oxygen atoms in total. The maximum atomic E-state index is 12.5. The van der Waals surface area contributed by atoms with E-state index in [9.17, 15) is 9.90 Å². The molecule has 1 N–H and O–H groups in total. The highest BCUT2D eigenvalue weighted by molar-refractivity contribution is 5.95. The van der Waals surface area contributed by atoms with Crippen molar-refractivity contribution >= 4 is 5.91 Å². The number of rotatable bonds is 3. The van der Waals surface area contributed by atoms with E-state index in [1.54, 1.807) is 7.11 Å². The Labute approximate surface area is 114 Å². The summed E-state index contributed by atoms with van der Waals surface area (Å²) in [5, 5.41) is 9.93. The zero-order valence-corrected chi connectivity index (χ0v) is 11.6. The first-order valence-electron chi connectivity index (χ1n) is 6.62. The van der Waals surface area contributed by atoms with Gasteiger partial charge < -0.3 is 14.7 Å². The van der Waals surface area contributed by atoms with Gasteiger partial charge in [0.15, 0.2) is 0 Å². The third kappa shape index (κ3) is 3.33. The Hall–Kier alpha value is -1.39. The summed E-state index contributed by atoms with van der Waals surface area (Å²) in [6.07, 6.45) is 1.26. The second kappa shape index (κ2) is 5.72. The quantitative estimate of drug-likeness (QED) is 0.905. The molecule has 1 aromatic rings. The van der Waals surface area contributed by atoms with Gasteiger partial charge in [-0.1, -0.05) is 18.2 Å². The van der Waals surface area contributed by atoms with Crippen LogP contribution >= 0.6 is 0 Å². The van der Waals surface area contributed by atoms with Crippen LogP contribution in [0.5, 0.6) is 0 Å². The zero-order chi connectivity index (χ0) is 13.9. The summed E-state index contributed by atoms with van der Waals surface area (Å²) >= 11 is 0. The number of carbonyl (C=O) groups is 1. The van der Waals surface area contributed by atoms with Crippen LogP contribution in [0.3, 0.4) is 0 Å². The molecule has 1 aliphatic rings. The highest BCUT2D eigenvalue weighted by atomic mass is 16.5. The molecule has 0 atom stereocenters. The van der Waals surface area contributed by atoms with E-state index in [1.165, 1.54) is 0 Å². The number of hydrogen-bond acceptors (Lipinski definition) is 3. The van der Waals surface area contributed by atoms with Gasteiger partial charge in [0.2, 0.25) is 0 Å². The molecule has 1 aliphatic heterocycles.